The number of benzene rings is 1. The summed E-state index contributed by atoms with van der Waals surface area (Å²) in [5.74, 6) is 0.294. The molecule has 0 spiro atoms. The van der Waals surface area contributed by atoms with Crippen LogP contribution in [0.15, 0.2) is 54.9 Å². The van der Waals surface area contributed by atoms with Gasteiger partial charge in [-0.3, -0.25) is 10.7 Å². The second kappa shape index (κ2) is 11.7. The van der Waals surface area contributed by atoms with E-state index in [2.05, 4.69) is 4.98 Å². The molecule has 0 aliphatic heterocycles. The number of aliphatic hydroxyl groups is 1. The van der Waals surface area contributed by atoms with Gasteiger partial charge in [0.1, 0.15) is 0 Å². The van der Waals surface area contributed by atoms with Crippen molar-refractivity contribution in [1.82, 2.24) is 9.55 Å². The zero-order chi connectivity index (χ0) is 24.5. The standard InChI is InChI=1S/C11H8ClF3N2.C7H6F3NO.C2H6O/c1-7-3-2-4-17(7)10-9(12)5-8(6-16-10)11(13,14)15;8-7(9,10)5-2-1-3-6(4-5)11-12;1-2-3/h2-6H,1H3;1-4,11-12H;3H,2H2,1H3. The second-order valence-electron chi connectivity index (χ2n) is 6.05. The van der Waals surface area contributed by atoms with E-state index in [-0.39, 0.29) is 17.3 Å². The fourth-order valence-corrected chi connectivity index (χ4v) is 2.49. The van der Waals surface area contributed by atoms with Crippen molar-refractivity contribution in [2.45, 2.75) is 26.2 Å². The molecule has 2 heterocycles. The maximum atomic E-state index is 12.4. The zero-order valence-electron chi connectivity index (χ0n) is 16.8. The molecule has 0 atom stereocenters. The average molecular weight is 484 g/mol. The minimum atomic E-state index is -4.43. The number of nitrogens with one attached hydrogen (secondary N) is 1. The first-order chi connectivity index (χ1) is 14.8. The maximum absolute atomic E-state index is 12.4. The lowest BCUT2D eigenvalue weighted by Gasteiger charge is -2.10. The van der Waals surface area contributed by atoms with Gasteiger partial charge in [0.15, 0.2) is 5.82 Å². The van der Waals surface area contributed by atoms with Gasteiger partial charge in [0.2, 0.25) is 0 Å². The number of aryl methyl sites for hydroxylation is 1. The molecule has 176 valence electrons. The van der Waals surface area contributed by atoms with E-state index in [1.807, 2.05) is 13.0 Å². The number of hydrogen-bond donors (Lipinski definition) is 3. The zero-order valence-corrected chi connectivity index (χ0v) is 17.6. The van der Waals surface area contributed by atoms with Gasteiger partial charge in [0.05, 0.1) is 21.8 Å². The number of halogens is 7. The fourth-order valence-electron chi connectivity index (χ4n) is 2.23. The predicted molar refractivity (Wildman–Crippen MR) is 108 cm³/mol. The Bertz CT molecular complexity index is 990. The van der Waals surface area contributed by atoms with Crippen molar-refractivity contribution in [2.24, 2.45) is 0 Å². The number of hydrogen-bond acceptors (Lipinski definition) is 4. The van der Waals surface area contributed by atoms with Crippen LogP contribution in [0, 0.1) is 6.92 Å². The third kappa shape index (κ3) is 8.06. The SMILES string of the molecule is CCO.Cc1cccn1-c1ncc(C(F)(F)F)cc1Cl.ONc1cccc(C(F)(F)F)c1. The summed E-state index contributed by atoms with van der Waals surface area (Å²) < 4.78 is 74.9. The molecule has 0 unspecified atom stereocenters. The summed E-state index contributed by atoms with van der Waals surface area (Å²) in [5.41, 5.74) is 0.863. The molecule has 3 N–H and O–H groups in total. The molecular weight excluding hydrogens is 464 g/mol. The van der Waals surface area contributed by atoms with Crippen molar-refractivity contribution in [3.63, 3.8) is 0 Å². The van der Waals surface area contributed by atoms with Crippen LogP contribution in [-0.4, -0.2) is 26.5 Å². The lowest BCUT2D eigenvalue weighted by Crippen LogP contribution is -2.07. The quantitative estimate of drug-likeness (QED) is 0.293. The first-order valence-electron chi connectivity index (χ1n) is 8.90. The monoisotopic (exact) mass is 483 g/mol. The van der Waals surface area contributed by atoms with Crippen molar-refractivity contribution >= 4 is 17.3 Å². The molecule has 0 fully saturated rings. The Kier molecular flexibility index (Phi) is 10.0. The van der Waals surface area contributed by atoms with Crippen LogP contribution in [-0.2, 0) is 12.4 Å². The molecule has 3 rings (SSSR count). The minimum Gasteiger partial charge on any atom is -0.397 e. The molecule has 0 saturated heterocycles. The van der Waals surface area contributed by atoms with E-state index in [0.717, 1.165) is 30.1 Å². The van der Waals surface area contributed by atoms with E-state index in [9.17, 15) is 26.3 Å². The minimum absolute atomic E-state index is 0.0184. The molecule has 0 aliphatic rings. The highest BCUT2D eigenvalue weighted by atomic mass is 35.5. The number of nitrogens with zero attached hydrogens (tertiary/aromatic N) is 2. The van der Waals surface area contributed by atoms with Crippen molar-refractivity contribution in [2.75, 3.05) is 12.1 Å². The van der Waals surface area contributed by atoms with Crippen molar-refractivity contribution in [3.05, 3.63) is 76.7 Å². The number of aromatic nitrogens is 2. The molecular formula is C20H20ClF6N3O2. The molecule has 0 saturated carbocycles. The lowest BCUT2D eigenvalue weighted by molar-refractivity contribution is -0.138. The number of rotatable bonds is 2. The van der Waals surface area contributed by atoms with Gasteiger partial charge in [-0.05, 0) is 50.2 Å². The molecule has 0 amide bonds. The van der Waals surface area contributed by atoms with Gasteiger partial charge in [-0.2, -0.15) is 26.3 Å². The molecule has 3 aromatic rings. The lowest BCUT2D eigenvalue weighted by atomic mass is 10.2. The molecule has 0 aliphatic carbocycles. The number of aliphatic hydroxyl groups excluding tert-OH is 1. The first kappa shape index (κ1) is 27.3. The normalized spacial score (nSPS) is 11.1. The Morgan fingerprint density at radius 3 is 2.03 bits per heavy atom. The van der Waals surface area contributed by atoms with Gasteiger partial charge in [-0.15, -0.1) is 0 Å². The summed E-state index contributed by atoms with van der Waals surface area (Å²) >= 11 is 5.82. The van der Waals surface area contributed by atoms with Gasteiger partial charge in [0, 0.05) is 24.7 Å². The largest absolute Gasteiger partial charge is 0.417 e. The Labute approximate surface area is 184 Å². The fraction of sp³-hybridized carbons (Fsp3) is 0.250. The van der Waals surface area contributed by atoms with Crippen molar-refractivity contribution in [1.29, 1.82) is 0 Å². The van der Waals surface area contributed by atoms with Gasteiger partial charge in [-0.25, -0.2) is 4.98 Å². The number of anilines is 1. The Hall–Kier alpha value is -2.76. The number of alkyl halides is 6. The van der Waals surface area contributed by atoms with Crippen LogP contribution >= 0.6 is 11.6 Å². The third-order valence-corrected chi connectivity index (χ3v) is 3.93. The molecule has 0 radical (unpaired) electrons. The smallest absolute Gasteiger partial charge is 0.397 e. The summed E-state index contributed by atoms with van der Waals surface area (Å²) in [6.07, 6.45) is -6.33. The van der Waals surface area contributed by atoms with Crippen LogP contribution < -0.4 is 5.48 Å². The van der Waals surface area contributed by atoms with Crippen LogP contribution in [0.2, 0.25) is 5.02 Å². The molecule has 32 heavy (non-hydrogen) atoms. The Morgan fingerprint density at radius 1 is 1.00 bits per heavy atom. The van der Waals surface area contributed by atoms with E-state index < -0.39 is 23.5 Å². The molecule has 0 bridgehead atoms. The van der Waals surface area contributed by atoms with Gasteiger partial charge in [-0.1, -0.05) is 17.7 Å². The highest BCUT2D eigenvalue weighted by molar-refractivity contribution is 6.32. The third-order valence-electron chi connectivity index (χ3n) is 3.65. The molecule has 1 aromatic carbocycles. The summed E-state index contributed by atoms with van der Waals surface area (Å²) in [6.45, 7) is 3.75. The van der Waals surface area contributed by atoms with Gasteiger partial charge < -0.3 is 9.67 Å². The van der Waals surface area contributed by atoms with Gasteiger partial charge >= 0.3 is 12.4 Å². The number of pyridine rings is 1. The van der Waals surface area contributed by atoms with Crippen LogP contribution in [0.1, 0.15) is 23.7 Å². The summed E-state index contributed by atoms with van der Waals surface area (Å²) in [4.78, 5) is 3.76. The Balaban J connectivity index is 0.000000299. The van der Waals surface area contributed by atoms with E-state index in [1.54, 1.807) is 29.2 Å². The highest BCUT2D eigenvalue weighted by Crippen LogP contribution is 2.32. The molecule has 2 aromatic heterocycles. The highest BCUT2D eigenvalue weighted by Gasteiger charge is 2.32. The van der Waals surface area contributed by atoms with Crippen molar-refractivity contribution < 1.29 is 36.7 Å². The van der Waals surface area contributed by atoms with Crippen LogP contribution in [0.5, 0.6) is 0 Å². The van der Waals surface area contributed by atoms with Crippen LogP contribution in [0.3, 0.4) is 0 Å². The maximum Gasteiger partial charge on any atom is 0.417 e. The van der Waals surface area contributed by atoms with E-state index in [4.69, 9.17) is 21.9 Å². The van der Waals surface area contributed by atoms with Gasteiger partial charge in [0.25, 0.3) is 0 Å². The average Bonchev–Trinajstić information content (AvgIpc) is 3.13. The Morgan fingerprint density at radius 2 is 1.59 bits per heavy atom. The van der Waals surface area contributed by atoms with Crippen LogP contribution in [0.25, 0.3) is 5.82 Å². The predicted octanol–water partition coefficient (Wildman–Crippen LogP) is 6.36. The summed E-state index contributed by atoms with van der Waals surface area (Å²) in [5, 5.41) is 15.9. The summed E-state index contributed by atoms with van der Waals surface area (Å²) in [7, 11) is 0. The second-order valence-corrected chi connectivity index (χ2v) is 6.46. The molecule has 5 nitrogen and oxygen atoms in total. The molecule has 12 heteroatoms. The van der Waals surface area contributed by atoms with E-state index in [0.29, 0.717) is 5.82 Å². The first-order valence-corrected chi connectivity index (χ1v) is 9.28. The van der Waals surface area contributed by atoms with E-state index >= 15 is 0 Å². The van der Waals surface area contributed by atoms with E-state index in [1.165, 1.54) is 12.1 Å². The summed E-state index contributed by atoms with van der Waals surface area (Å²) in [6, 6.07) is 8.75. The van der Waals surface area contributed by atoms with Crippen molar-refractivity contribution in [3.8, 4) is 5.82 Å². The topological polar surface area (TPSA) is 70.3 Å². The van der Waals surface area contributed by atoms with Crippen LogP contribution in [0.4, 0.5) is 32.0 Å².